The molecule has 2 aromatic carbocycles. The van der Waals surface area contributed by atoms with Crippen molar-refractivity contribution in [1.29, 1.82) is 0 Å². The number of aldehydes is 1. The maximum atomic E-state index is 10.9. The normalized spacial score (nSPS) is 9.50. The second kappa shape index (κ2) is 4.98. The van der Waals surface area contributed by atoms with Crippen LogP contribution in [0.1, 0.15) is 20.7 Å². The van der Waals surface area contributed by atoms with Crippen LogP contribution >= 0.6 is 0 Å². The molecule has 0 saturated carbocycles. The van der Waals surface area contributed by atoms with Gasteiger partial charge in [0.25, 0.3) is 0 Å². The fourth-order valence-electron chi connectivity index (χ4n) is 1.64. The van der Waals surface area contributed by atoms with Crippen LogP contribution in [0.3, 0.4) is 0 Å². The van der Waals surface area contributed by atoms with Gasteiger partial charge in [0.2, 0.25) is 0 Å². The van der Waals surface area contributed by atoms with Crippen molar-refractivity contribution in [2.24, 2.45) is 0 Å². The molecule has 0 atom stereocenters. The zero-order valence-electron chi connectivity index (χ0n) is 8.77. The predicted molar refractivity (Wildman–Crippen MR) is 53.7 cm³/mol. The molecular formula is C12H7LiO3. The summed E-state index contributed by atoms with van der Waals surface area (Å²) in [6, 6.07) is 9.88. The van der Waals surface area contributed by atoms with Crippen molar-refractivity contribution in [1.82, 2.24) is 0 Å². The molecule has 0 unspecified atom stereocenters. The molecule has 0 heterocycles. The molecule has 4 heteroatoms. The van der Waals surface area contributed by atoms with Crippen molar-refractivity contribution < 1.29 is 33.6 Å². The summed E-state index contributed by atoms with van der Waals surface area (Å²) in [5, 5.41) is 12.0. The number of fused-ring (bicyclic) bond motifs is 1. The van der Waals surface area contributed by atoms with Gasteiger partial charge in [0.1, 0.15) is 0 Å². The summed E-state index contributed by atoms with van der Waals surface area (Å²) in [5.74, 6) is -1.27. The van der Waals surface area contributed by atoms with E-state index in [1.54, 1.807) is 30.3 Å². The topological polar surface area (TPSA) is 57.2 Å². The molecule has 0 aromatic heterocycles. The van der Waals surface area contributed by atoms with Crippen LogP contribution in [-0.4, -0.2) is 12.3 Å². The fourth-order valence-corrected chi connectivity index (χ4v) is 1.64. The van der Waals surface area contributed by atoms with Crippen LogP contribution in [0.2, 0.25) is 0 Å². The standard InChI is InChI=1S/C12H8O3.Li/c13-7-9-5-1-3-8-4-2-6-10(11(8)9)12(14)15;/h1-7H,(H,14,15);/q;+1/p-1. The summed E-state index contributed by atoms with van der Waals surface area (Å²) >= 11 is 0. The van der Waals surface area contributed by atoms with Crippen LogP contribution in [0.25, 0.3) is 10.8 Å². The number of carboxylic acids is 1. The van der Waals surface area contributed by atoms with E-state index in [4.69, 9.17) is 0 Å². The molecule has 0 saturated heterocycles. The van der Waals surface area contributed by atoms with E-state index < -0.39 is 5.97 Å². The second-order valence-corrected chi connectivity index (χ2v) is 3.16. The van der Waals surface area contributed by atoms with Gasteiger partial charge in [-0.1, -0.05) is 36.4 Å². The van der Waals surface area contributed by atoms with Gasteiger partial charge in [-0.3, -0.25) is 4.79 Å². The van der Waals surface area contributed by atoms with E-state index in [1.807, 2.05) is 0 Å². The van der Waals surface area contributed by atoms with Crippen LogP contribution in [0.15, 0.2) is 36.4 Å². The minimum absolute atomic E-state index is 0. The van der Waals surface area contributed by atoms with Gasteiger partial charge in [-0.05, 0) is 5.39 Å². The fraction of sp³-hybridized carbons (Fsp3) is 0. The molecule has 2 rings (SSSR count). The maximum absolute atomic E-state index is 10.9. The summed E-state index contributed by atoms with van der Waals surface area (Å²) < 4.78 is 0. The monoisotopic (exact) mass is 206 g/mol. The SMILES string of the molecule is O=Cc1cccc2cccc(C(=O)[O-])c12.[Li+]. The Balaban J connectivity index is 0.00000128. The first-order chi connectivity index (χ1) is 7.24. The van der Waals surface area contributed by atoms with Gasteiger partial charge in [0.15, 0.2) is 6.29 Å². The molecular weight excluding hydrogens is 199 g/mol. The van der Waals surface area contributed by atoms with Crippen molar-refractivity contribution in [3.63, 3.8) is 0 Å². The molecule has 0 N–H and O–H groups in total. The Hall–Kier alpha value is -1.56. The molecule has 0 aliphatic heterocycles. The van der Waals surface area contributed by atoms with Gasteiger partial charge < -0.3 is 9.90 Å². The third-order valence-corrected chi connectivity index (χ3v) is 2.28. The smallest absolute Gasteiger partial charge is 0.545 e. The molecule has 0 radical (unpaired) electrons. The van der Waals surface area contributed by atoms with Crippen LogP contribution in [0.4, 0.5) is 0 Å². The zero-order valence-corrected chi connectivity index (χ0v) is 8.77. The van der Waals surface area contributed by atoms with E-state index in [1.165, 1.54) is 6.07 Å². The molecule has 0 bridgehead atoms. The average molecular weight is 206 g/mol. The number of aromatic carboxylic acids is 1. The molecule has 0 fully saturated rings. The Morgan fingerprint density at radius 3 is 2.31 bits per heavy atom. The molecule has 0 amide bonds. The summed E-state index contributed by atoms with van der Waals surface area (Å²) in [7, 11) is 0. The first-order valence-corrected chi connectivity index (χ1v) is 4.42. The van der Waals surface area contributed by atoms with Crippen LogP contribution < -0.4 is 24.0 Å². The van der Waals surface area contributed by atoms with Crippen molar-refractivity contribution in [2.45, 2.75) is 0 Å². The van der Waals surface area contributed by atoms with E-state index in [0.717, 1.165) is 5.39 Å². The van der Waals surface area contributed by atoms with Crippen molar-refractivity contribution >= 4 is 23.0 Å². The Kier molecular flexibility index (Phi) is 3.89. The zero-order chi connectivity index (χ0) is 10.8. The van der Waals surface area contributed by atoms with Gasteiger partial charge in [0.05, 0.1) is 5.97 Å². The van der Waals surface area contributed by atoms with Crippen molar-refractivity contribution in [3.05, 3.63) is 47.5 Å². The summed E-state index contributed by atoms with van der Waals surface area (Å²) in [5.41, 5.74) is 0.419. The second-order valence-electron chi connectivity index (χ2n) is 3.16. The maximum Gasteiger partial charge on any atom is 1.00 e. The number of hydrogen-bond donors (Lipinski definition) is 0. The number of carboxylic acid groups (broad SMARTS) is 1. The van der Waals surface area contributed by atoms with Gasteiger partial charge >= 0.3 is 18.9 Å². The van der Waals surface area contributed by atoms with E-state index in [2.05, 4.69) is 0 Å². The number of benzene rings is 2. The molecule has 2 aromatic rings. The Morgan fingerprint density at radius 2 is 1.75 bits per heavy atom. The van der Waals surface area contributed by atoms with Crippen LogP contribution in [0, 0.1) is 0 Å². The Bertz CT molecular complexity index is 544. The minimum atomic E-state index is -1.27. The Labute approximate surface area is 104 Å². The number of rotatable bonds is 2. The third kappa shape index (κ3) is 2.01. The molecule has 0 aliphatic carbocycles. The van der Waals surface area contributed by atoms with Gasteiger partial charge in [0, 0.05) is 16.5 Å². The molecule has 16 heavy (non-hydrogen) atoms. The minimum Gasteiger partial charge on any atom is -0.545 e. The van der Waals surface area contributed by atoms with Crippen LogP contribution in [-0.2, 0) is 0 Å². The predicted octanol–water partition coefficient (Wildman–Crippen LogP) is -1.98. The van der Waals surface area contributed by atoms with Crippen molar-refractivity contribution in [3.8, 4) is 0 Å². The first-order valence-electron chi connectivity index (χ1n) is 4.42. The first kappa shape index (κ1) is 12.5. The molecule has 0 aliphatic rings. The molecule has 74 valence electrons. The molecule has 0 spiro atoms. The quantitative estimate of drug-likeness (QED) is 0.422. The third-order valence-electron chi connectivity index (χ3n) is 2.28. The van der Waals surface area contributed by atoms with Gasteiger partial charge in [-0.15, -0.1) is 0 Å². The Morgan fingerprint density at radius 1 is 1.12 bits per heavy atom. The number of carbonyl (C=O) groups is 2. The van der Waals surface area contributed by atoms with E-state index in [9.17, 15) is 14.7 Å². The van der Waals surface area contributed by atoms with Crippen LogP contribution in [0.5, 0.6) is 0 Å². The van der Waals surface area contributed by atoms with Gasteiger partial charge in [-0.2, -0.15) is 0 Å². The largest absolute Gasteiger partial charge is 1.00 e. The summed E-state index contributed by atoms with van der Waals surface area (Å²) in [4.78, 5) is 21.6. The number of hydrogen-bond acceptors (Lipinski definition) is 3. The van der Waals surface area contributed by atoms with E-state index >= 15 is 0 Å². The summed E-state index contributed by atoms with van der Waals surface area (Å²) in [6.45, 7) is 0. The van der Waals surface area contributed by atoms with E-state index in [-0.39, 0.29) is 24.4 Å². The summed E-state index contributed by atoms with van der Waals surface area (Å²) in [6.07, 6.45) is 0.648. The van der Waals surface area contributed by atoms with Gasteiger partial charge in [-0.25, -0.2) is 0 Å². The van der Waals surface area contributed by atoms with Crippen molar-refractivity contribution in [2.75, 3.05) is 0 Å². The number of carbonyl (C=O) groups excluding carboxylic acids is 2. The van der Waals surface area contributed by atoms with E-state index in [0.29, 0.717) is 17.2 Å². The average Bonchev–Trinajstić information content (AvgIpc) is 2.27. The molecule has 3 nitrogen and oxygen atoms in total.